The molecular formula is C16H18N2O3S2. The van der Waals surface area contributed by atoms with Crippen molar-refractivity contribution >= 4 is 32.2 Å². The lowest BCUT2D eigenvalue weighted by Gasteiger charge is -2.14. The van der Waals surface area contributed by atoms with Crippen molar-refractivity contribution in [3.63, 3.8) is 0 Å². The molecule has 7 heteroatoms. The molecule has 0 bridgehead atoms. The summed E-state index contributed by atoms with van der Waals surface area (Å²) < 4.78 is 24.0. The van der Waals surface area contributed by atoms with Gasteiger partial charge in [0.15, 0.2) is 15.0 Å². The summed E-state index contributed by atoms with van der Waals surface area (Å²) >= 11 is 1.34. The second-order valence-corrected chi connectivity index (χ2v) is 8.94. The smallest absolute Gasteiger partial charge is 0.244 e. The lowest BCUT2D eigenvalue weighted by molar-refractivity contribution is -0.115. The average Bonchev–Trinajstić information content (AvgIpc) is 3.25. The van der Waals surface area contributed by atoms with Crippen LogP contribution in [0.4, 0.5) is 5.13 Å². The van der Waals surface area contributed by atoms with E-state index in [9.17, 15) is 13.2 Å². The first kappa shape index (κ1) is 16.1. The van der Waals surface area contributed by atoms with Crippen LogP contribution in [0, 0.1) is 0 Å². The van der Waals surface area contributed by atoms with Crippen molar-refractivity contribution in [2.75, 3.05) is 11.6 Å². The molecule has 3 rings (SSSR count). The number of sulfone groups is 1. The Morgan fingerprint density at radius 1 is 1.35 bits per heavy atom. The number of thiazole rings is 1. The summed E-state index contributed by atoms with van der Waals surface area (Å²) in [7, 11) is -3.51. The molecule has 0 unspecified atom stereocenters. The summed E-state index contributed by atoms with van der Waals surface area (Å²) in [6.07, 6.45) is 3.53. The van der Waals surface area contributed by atoms with Gasteiger partial charge in [-0.3, -0.25) is 4.79 Å². The van der Waals surface area contributed by atoms with E-state index in [4.69, 9.17) is 0 Å². The molecule has 1 aliphatic rings. The molecule has 0 aliphatic heterocycles. The highest BCUT2D eigenvalue weighted by atomic mass is 32.2. The van der Waals surface area contributed by atoms with Crippen LogP contribution in [0.1, 0.15) is 30.0 Å². The van der Waals surface area contributed by atoms with Crippen LogP contribution in [0.2, 0.25) is 0 Å². The Morgan fingerprint density at radius 2 is 2.04 bits per heavy atom. The second kappa shape index (κ2) is 6.41. The summed E-state index contributed by atoms with van der Waals surface area (Å²) in [6, 6.07) is 9.15. The van der Waals surface area contributed by atoms with Gasteiger partial charge in [0.05, 0.1) is 5.69 Å². The van der Waals surface area contributed by atoms with Crippen molar-refractivity contribution < 1.29 is 13.2 Å². The number of hydrogen-bond acceptors (Lipinski definition) is 5. The van der Waals surface area contributed by atoms with Crippen LogP contribution in [-0.2, 0) is 21.1 Å². The Morgan fingerprint density at radius 3 is 2.65 bits per heavy atom. The molecule has 0 saturated heterocycles. The maximum atomic E-state index is 12.4. The van der Waals surface area contributed by atoms with Crippen LogP contribution in [0.25, 0.3) is 0 Å². The lowest BCUT2D eigenvalue weighted by atomic mass is 10.1. The monoisotopic (exact) mass is 350 g/mol. The number of anilines is 1. The van der Waals surface area contributed by atoms with Gasteiger partial charge in [-0.1, -0.05) is 30.3 Å². The summed E-state index contributed by atoms with van der Waals surface area (Å²) in [5.74, 6) is -0.0139. The number of amides is 1. The lowest BCUT2D eigenvalue weighted by Crippen LogP contribution is -2.36. The molecule has 23 heavy (non-hydrogen) atoms. The van der Waals surface area contributed by atoms with Gasteiger partial charge in [-0.2, -0.15) is 0 Å². The van der Waals surface area contributed by atoms with Crippen LogP contribution in [0.15, 0.2) is 35.7 Å². The van der Waals surface area contributed by atoms with Gasteiger partial charge in [-0.05, 0) is 24.8 Å². The number of carbonyl (C=O) groups is 1. The van der Waals surface area contributed by atoms with Crippen LogP contribution >= 0.6 is 11.3 Å². The Labute approximate surface area is 139 Å². The highest BCUT2D eigenvalue weighted by molar-refractivity contribution is 7.92. The zero-order chi connectivity index (χ0) is 16.4. The maximum absolute atomic E-state index is 12.4. The topological polar surface area (TPSA) is 76.1 Å². The number of nitrogens with one attached hydrogen (secondary N) is 1. The Kier molecular flexibility index (Phi) is 4.50. The minimum atomic E-state index is -3.51. The van der Waals surface area contributed by atoms with Crippen molar-refractivity contribution in [1.29, 1.82) is 0 Å². The molecule has 1 fully saturated rings. The molecule has 5 nitrogen and oxygen atoms in total. The molecule has 0 radical (unpaired) electrons. The fourth-order valence-corrected chi connectivity index (χ4v) is 4.10. The van der Waals surface area contributed by atoms with Crippen molar-refractivity contribution in [1.82, 2.24) is 4.98 Å². The largest absolute Gasteiger partial charge is 0.301 e. The Bertz CT molecular complexity index is 796. The Hall–Kier alpha value is -1.73. The number of nitrogens with zero attached hydrogens (tertiary/aromatic N) is 1. The van der Waals surface area contributed by atoms with Crippen molar-refractivity contribution in [3.8, 4) is 0 Å². The minimum absolute atomic E-state index is 0.159. The molecule has 1 atom stereocenters. The highest BCUT2D eigenvalue weighted by Crippen LogP contribution is 2.40. The van der Waals surface area contributed by atoms with Gasteiger partial charge in [0.2, 0.25) is 5.91 Å². The van der Waals surface area contributed by atoms with E-state index < -0.39 is 21.0 Å². The standard InChI is InChI=1S/C16H18N2O3S2/c1-23(20,21)14(9-11-5-3-2-4-6-11)15(19)18-16-17-13(10-22-16)12-7-8-12/h2-6,10,12,14H,7-9H2,1H3,(H,17,18,19)/t14-/m0/s1. The van der Waals surface area contributed by atoms with Gasteiger partial charge in [0.25, 0.3) is 0 Å². The molecule has 1 amide bonds. The molecule has 1 aromatic heterocycles. The van der Waals surface area contributed by atoms with Gasteiger partial charge < -0.3 is 5.32 Å². The number of benzene rings is 1. The predicted molar refractivity (Wildman–Crippen MR) is 91.5 cm³/mol. The highest BCUT2D eigenvalue weighted by Gasteiger charge is 2.31. The number of carbonyl (C=O) groups excluding carboxylic acids is 1. The van der Waals surface area contributed by atoms with Gasteiger partial charge in [-0.25, -0.2) is 13.4 Å². The molecular weight excluding hydrogens is 332 g/mol. The molecule has 122 valence electrons. The van der Waals surface area contributed by atoms with Crippen molar-refractivity contribution in [2.45, 2.75) is 30.4 Å². The third kappa shape index (κ3) is 4.17. The first-order chi connectivity index (χ1) is 10.9. The van der Waals surface area contributed by atoms with E-state index in [1.54, 1.807) is 0 Å². The fraction of sp³-hybridized carbons (Fsp3) is 0.375. The summed E-state index contributed by atoms with van der Waals surface area (Å²) in [5, 5.41) is 3.95. The molecule has 1 N–H and O–H groups in total. The molecule has 1 aromatic carbocycles. The van der Waals surface area contributed by atoms with E-state index >= 15 is 0 Å². The number of rotatable bonds is 6. The first-order valence-corrected chi connectivity index (χ1v) is 10.3. The second-order valence-electron chi connectivity index (χ2n) is 5.85. The summed E-state index contributed by atoms with van der Waals surface area (Å²) in [4.78, 5) is 16.8. The number of hydrogen-bond donors (Lipinski definition) is 1. The quantitative estimate of drug-likeness (QED) is 0.869. The third-order valence-corrected chi connectivity index (χ3v) is 6.01. The normalized spacial score (nSPS) is 16.0. The zero-order valence-electron chi connectivity index (χ0n) is 12.7. The van der Waals surface area contributed by atoms with E-state index in [1.807, 2.05) is 35.7 Å². The molecule has 0 spiro atoms. The molecule has 1 saturated carbocycles. The predicted octanol–water partition coefficient (Wildman–Crippen LogP) is 2.61. The van der Waals surface area contributed by atoms with Crippen LogP contribution in [0.3, 0.4) is 0 Å². The molecule has 1 heterocycles. The SMILES string of the molecule is CS(=O)(=O)[C@@H](Cc1ccccc1)C(=O)Nc1nc(C2CC2)cs1. The van der Waals surface area contributed by atoms with Crippen molar-refractivity contribution in [3.05, 3.63) is 47.0 Å². The van der Waals surface area contributed by atoms with Crippen LogP contribution in [-0.4, -0.2) is 30.8 Å². The Balaban J connectivity index is 1.74. The molecule has 2 aromatic rings. The third-order valence-electron chi connectivity index (χ3n) is 3.82. The van der Waals surface area contributed by atoms with Crippen LogP contribution < -0.4 is 5.32 Å². The van der Waals surface area contributed by atoms with Gasteiger partial charge in [-0.15, -0.1) is 11.3 Å². The van der Waals surface area contributed by atoms with Gasteiger partial charge in [0, 0.05) is 17.6 Å². The van der Waals surface area contributed by atoms with Gasteiger partial charge >= 0.3 is 0 Å². The van der Waals surface area contributed by atoms with Crippen molar-refractivity contribution in [2.24, 2.45) is 0 Å². The van der Waals surface area contributed by atoms with Crippen LogP contribution in [0.5, 0.6) is 0 Å². The van der Waals surface area contributed by atoms with E-state index in [2.05, 4.69) is 10.3 Å². The van der Waals surface area contributed by atoms with E-state index in [1.165, 1.54) is 11.3 Å². The summed E-state index contributed by atoms with van der Waals surface area (Å²) in [6.45, 7) is 0. The fourth-order valence-electron chi connectivity index (χ4n) is 2.36. The minimum Gasteiger partial charge on any atom is -0.301 e. The van der Waals surface area contributed by atoms with E-state index in [-0.39, 0.29) is 6.42 Å². The zero-order valence-corrected chi connectivity index (χ0v) is 14.4. The maximum Gasteiger partial charge on any atom is 0.244 e. The average molecular weight is 350 g/mol. The number of aromatic nitrogens is 1. The van der Waals surface area contributed by atoms with E-state index in [0.717, 1.165) is 30.4 Å². The van der Waals surface area contributed by atoms with E-state index in [0.29, 0.717) is 11.0 Å². The summed E-state index contributed by atoms with van der Waals surface area (Å²) in [5.41, 5.74) is 1.81. The van der Waals surface area contributed by atoms with Gasteiger partial charge in [0.1, 0.15) is 5.25 Å². The first-order valence-electron chi connectivity index (χ1n) is 7.42. The molecule has 1 aliphatic carbocycles.